The van der Waals surface area contributed by atoms with E-state index in [1.165, 1.54) is 91.5 Å². The standard InChI is InChI=1S/C37H36N4O12/c1-46-28-15-24(16-29(47-2)34(28)50-5)36(44)52-26-11-7-9-22(13-26)20-38-40-32(42)19-33(43)41-39-21-23-10-8-12-27(14-23)53-37(45)25-17-30(48-3)35(51-6)31(18-25)49-4/h7-18,20-21H,19H2,1-6H3,(H,40,42)(H,41,43). The van der Waals surface area contributed by atoms with Crippen LogP contribution in [-0.2, 0) is 9.59 Å². The van der Waals surface area contributed by atoms with Crippen LogP contribution in [0.1, 0.15) is 38.3 Å². The molecule has 0 saturated carbocycles. The summed E-state index contributed by atoms with van der Waals surface area (Å²) in [5, 5.41) is 7.71. The van der Waals surface area contributed by atoms with Crippen LogP contribution in [0.15, 0.2) is 83.0 Å². The van der Waals surface area contributed by atoms with E-state index in [0.29, 0.717) is 22.6 Å². The third-order valence-corrected chi connectivity index (χ3v) is 7.06. The molecule has 0 radical (unpaired) electrons. The van der Waals surface area contributed by atoms with Gasteiger partial charge in [-0.1, -0.05) is 24.3 Å². The molecule has 0 saturated heterocycles. The summed E-state index contributed by atoms with van der Waals surface area (Å²) in [5.74, 6) is -0.546. The van der Waals surface area contributed by atoms with Crippen molar-refractivity contribution in [2.24, 2.45) is 10.2 Å². The minimum Gasteiger partial charge on any atom is -0.493 e. The Hall–Kier alpha value is -7.10. The Kier molecular flexibility index (Phi) is 13.7. The van der Waals surface area contributed by atoms with E-state index in [1.54, 1.807) is 36.4 Å². The maximum Gasteiger partial charge on any atom is 0.343 e. The van der Waals surface area contributed by atoms with Crippen molar-refractivity contribution in [3.63, 3.8) is 0 Å². The van der Waals surface area contributed by atoms with Gasteiger partial charge in [0, 0.05) is 0 Å². The molecule has 0 aliphatic carbocycles. The van der Waals surface area contributed by atoms with Crippen LogP contribution in [0.3, 0.4) is 0 Å². The van der Waals surface area contributed by atoms with Crippen molar-refractivity contribution < 1.29 is 57.1 Å². The maximum absolute atomic E-state index is 12.8. The van der Waals surface area contributed by atoms with Gasteiger partial charge < -0.3 is 37.9 Å². The number of benzene rings is 4. The first-order valence-electron chi connectivity index (χ1n) is 15.5. The molecule has 4 aromatic carbocycles. The van der Waals surface area contributed by atoms with Crippen LogP contribution in [-0.4, -0.2) is 78.8 Å². The van der Waals surface area contributed by atoms with Gasteiger partial charge in [-0.2, -0.15) is 10.2 Å². The van der Waals surface area contributed by atoms with Gasteiger partial charge in [-0.15, -0.1) is 0 Å². The molecule has 276 valence electrons. The van der Waals surface area contributed by atoms with Gasteiger partial charge in [-0.3, -0.25) is 9.59 Å². The van der Waals surface area contributed by atoms with E-state index < -0.39 is 30.2 Å². The molecule has 2 amide bonds. The van der Waals surface area contributed by atoms with Gasteiger partial charge in [0.05, 0.1) is 66.2 Å². The predicted molar refractivity (Wildman–Crippen MR) is 191 cm³/mol. The summed E-state index contributed by atoms with van der Waals surface area (Å²) < 4.78 is 42.7. The number of esters is 2. The number of rotatable bonds is 16. The van der Waals surface area contributed by atoms with E-state index in [4.69, 9.17) is 37.9 Å². The Morgan fingerprint density at radius 1 is 0.528 bits per heavy atom. The molecule has 4 rings (SSSR count). The minimum absolute atomic E-state index is 0.163. The summed E-state index contributed by atoms with van der Waals surface area (Å²) in [6.07, 6.45) is 2.05. The molecule has 0 atom stereocenters. The maximum atomic E-state index is 12.8. The van der Waals surface area contributed by atoms with E-state index in [1.807, 2.05) is 0 Å². The zero-order valence-electron chi connectivity index (χ0n) is 29.6. The second-order valence-electron chi connectivity index (χ2n) is 10.5. The van der Waals surface area contributed by atoms with Crippen LogP contribution in [0.25, 0.3) is 0 Å². The second-order valence-corrected chi connectivity index (χ2v) is 10.5. The number of hydrogen-bond donors (Lipinski definition) is 2. The number of carbonyl (C=O) groups excluding carboxylic acids is 4. The largest absolute Gasteiger partial charge is 0.493 e. The van der Waals surface area contributed by atoms with Gasteiger partial charge in [0.1, 0.15) is 17.9 Å². The Balaban J connectivity index is 1.27. The van der Waals surface area contributed by atoms with Crippen molar-refractivity contribution in [1.82, 2.24) is 10.9 Å². The van der Waals surface area contributed by atoms with E-state index in [9.17, 15) is 19.2 Å². The zero-order valence-corrected chi connectivity index (χ0v) is 29.6. The molecule has 0 fully saturated rings. The minimum atomic E-state index is -0.709. The van der Waals surface area contributed by atoms with Crippen molar-refractivity contribution in [2.45, 2.75) is 6.42 Å². The molecule has 0 unspecified atom stereocenters. The number of nitrogens with one attached hydrogen (secondary N) is 2. The smallest absolute Gasteiger partial charge is 0.343 e. The van der Waals surface area contributed by atoms with Gasteiger partial charge in [-0.05, 0) is 59.7 Å². The first-order valence-corrected chi connectivity index (χ1v) is 15.5. The van der Waals surface area contributed by atoms with Crippen molar-refractivity contribution >= 4 is 36.2 Å². The zero-order chi connectivity index (χ0) is 38.3. The van der Waals surface area contributed by atoms with Crippen LogP contribution in [0.2, 0.25) is 0 Å². The molecule has 16 nitrogen and oxygen atoms in total. The van der Waals surface area contributed by atoms with Crippen LogP contribution in [0.5, 0.6) is 46.0 Å². The Morgan fingerprint density at radius 2 is 0.887 bits per heavy atom. The van der Waals surface area contributed by atoms with E-state index in [0.717, 1.165) is 0 Å². The molecular weight excluding hydrogens is 692 g/mol. The lowest BCUT2D eigenvalue weighted by Crippen LogP contribution is -2.27. The van der Waals surface area contributed by atoms with Gasteiger partial charge in [0.2, 0.25) is 23.3 Å². The first kappa shape index (κ1) is 38.7. The molecule has 0 bridgehead atoms. The number of amides is 2. The van der Waals surface area contributed by atoms with Crippen molar-refractivity contribution in [2.75, 3.05) is 42.7 Å². The highest BCUT2D eigenvalue weighted by Gasteiger charge is 2.20. The van der Waals surface area contributed by atoms with E-state index >= 15 is 0 Å². The molecule has 0 aliphatic rings. The summed E-state index contributed by atoms with van der Waals surface area (Å²) >= 11 is 0. The number of hydrogen-bond acceptors (Lipinski definition) is 14. The number of nitrogens with zero attached hydrogens (tertiary/aromatic N) is 2. The average molecular weight is 729 g/mol. The van der Waals surface area contributed by atoms with Crippen LogP contribution in [0.4, 0.5) is 0 Å². The Labute approximate surface area is 304 Å². The third-order valence-electron chi connectivity index (χ3n) is 7.06. The number of ether oxygens (including phenoxy) is 8. The van der Waals surface area contributed by atoms with Crippen LogP contribution >= 0.6 is 0 Å². The quantitative estimate of drug-likeness (QED) is 0.0552. The highest BCUT2D eigenvalue weighted by molar-refractivity contribution is 5.98. The normalized spacial score (nSPS) is 10.7. The van der Waals surface area contributed by atoms with Crippen LogP contribution < -0.4 is 48.7 Å². The molecule has 16 heteroatoms. The lowest BCUT2D eigenvalue weighted by atomic mass is 10.1. The lowest BCUT2D eigenvalue weighted by Gasteiger charge is -2.13. The summed E-state index contributed by atoms with van der Waals surface area (Å²) in [6.45, 7) is 0. The van der Waals surface area contributed by atoms with Gasteiger partial charge in [-0.25, -0.2) is 20.4 Å². The fraction of sp³-hybridized carbons (Fsp3) is 0.189. The van der Waals surface area contributed by atoms with Crippen molar-refractivity contribution in [1.29, 1.82) is 0 Å². The summed E-state index contributed by atoms with van der Waals surface area (Å²) in [6, 6.07) is 18.6. The monoisotopic (exact) mass is 728 g/mol. The summed E-state index contributed by atoms with van der Waals surface area (Å²) in [5.41, 5.74) is 5.81. The fourth-order valence-electron chi connectivity index (χ4n) is 4.63. The Bertz CT molecular complexity index is 1840. The molecular formula is C37H36N4O12. The highest BCUT2D eigenvalue weighted by atomic mass is 16.6. The number of hydrazone groups is 2. The van der Waals surface area contributed by atoms with Crippen molar-refractivity contribution in [3.05, 3.63) is 95.1 Å². The number of methoxy groups -OCH3 is 6. The average Bonchev–Trinajstić information content (AvgIpc) is 3.16. The molecule has 0 aromatic heterocycles. The van der Waals surface area contributed by atoms with Gasteiger partial charge >= 0.3 is 11.9 Å². The molecule has 0 aliphatic heterocycles. The Morgan fingerprint density at radius 3 is 1.21 bits per heavy atom. The van der Waals surface area contributed by atoms with Crippen LogP contribution in [0, 0.1) is 0 Å². The molecule has 0 spiro atoms. The topological polar surface area (TPSA) is 191 Å². The van der Waals surface area contributed by atoms with Gasteiger partial charge in [0.25, 0.3) is 0 Å². The highest BCUT2D eigenvalue weighted by Crippen LogP contribution is 2.39. The van der Waals surface area contributed by atoms with E-state index in [-0.39, 0.29) is 45.6 Å². The molecule has 2 N–H and O–H groups in total. The molecule has 0 heterocycles. The molecule has 4 aromatic rings. The number of carbonyl (C=O) groups is 4. The SMILES string of the molecule is COc1cc(C(=O)Oc2cccc(C=NNC(=O)CC(=O)NN=Cc3cccc(OC(=O)c4cc(OC)c(OC)c(OC)c4)c3)c2)cc(OC)c1OC. The molecule has 53 heavy (non-hydrogen) atoms. The summed E-state index contributed by atoms with van der Waals surface area (Å²) in [7, 11) is 8.63. The second kappa shape index (κ2) is 18.8. The van der Waals surface area contributed by atoms with Gasteiger partial charge in [0.15, 0.2) is 23.0 Å². The predicted octanol–water partition coefficient (Wildman–Crippen LogP) is 4.17. The van der Waals surface area contributed by atoms with Crippen molar-refractivity contribution in [3.8, 4) is 46.0 Å². The lowest BCUT2D eigenvalue weighted by molar-refractivity contribution is -0.129. The first-order chi connectivity index (χ1) is 25.6. The van der Waals surface area contributed by atoms with E-state index in [2.05, 4.69) is 21.1 Å². The fourth-order valence-corrected chi connectivity index (χ4v) is 4.63. The summed E-state index contributed by atoms with van der Waals surface area (Å²) in [4.78, 5) is 50.2. The third kappa shape index (κ3) is 10.5.